The molecule has 1 fully saturated rings. The molecule has 114 valence electrons. The molecular formula is C16H20ClNO3. The van der Waals surface area contributed by atoms with Gasteiger partial charge in [-0.1, -0.05) is 12.1 Å². The van der Waals surface area contributed by atoms with Crippen molar-refractivity contribution in [1.29, 1.82) is 0 Å². The standard InChI is InChI=1S/C16H20ClNO3/c1-2-21-16(20)14-7-9-18(10-8-14)15(19)13-5-3-12(11-17)4-6-13/h3-6,14H,2,7-11H2,1H3. The van der Waals surface area contributed by atoms with Crippen LogP contribution in [0.15, 0.2) is 24.3 Å². The highest BCUT2D eigenvalue weighted by atomic mass is 35.5. The van der Waals surface area contributed by atoms with Gasteiger partial charge < -0.3 is 9.64 Å². The predicted molar refractivity (Wildman–Crippen MR) is 81.3 cm³/mol. The highest BCUT2D eigenvalue weighted by Crippen LogP contribution is 2.20. The molecule has 1 heterocycles. The topological polar surface area (TPSA) is 46.6 Å². The molecule has 1 amide bonds. The third-order valence-corrected chi connectivity index (χ3v) is 4.07. The summed E-state index contributed by atoms with van der Waals surface area (Å²) in [5, 5.41) is 0. The molecule has 0 bridgehead atoms. The lowest BCUT2D eigenvalue weighted by Gasteiger charge is -2.31. The summed E-state index contributed by atoms with van der Waals surface area (Å²) in [5.74, 6) is 0.237. The first-order valence-electron chi connectivity index (χ1n) is 7.26. The molecule has 1 aromatic rings. The highest BCUT2D eigenvalue weighted by molar-refractivity contribution is 6.17. The van der Waals surface area contributed by atoms with Gasteiger partial charge in [0.15, 0.2) is 0 Å². The van der Waals surface area contributed by atoms with E-state index in [-0.39, 0.29) is 17.8 Å². The van der Waals surface area contributed by atoms with Crippen LogP contribution in [0.1, 0.15) is 35.7 Å². The summed E-state index contributed by atoms with van der Waals surface area (Å²) < 4.78 is 5.03. The summed E-state index contributed by atoms with van der Waals surface area (Å²) in [6.45, 7) is 3.41. The van der Waals surface area contributed by atoms with Gasteiger partial charge in [-0.3, -0.25) is 9.59 Å². The van der Waals surface area contributed by atoms with E-state index in [9.17, 15) is 9.59 Å². The fourth-order valence-corrected chi connectivity index (χ4v) is 2.68. The lowest BCUT2D eigenvalue weighted by molar-refractivity contribution is -0.149. The molecule has 0 aromatic heterocycles. The summed E-state index contributed by atoms with van der Waals surface area (Å²) in [4.78, 5) is 25.9. The SMILES string of the molecule is CCOC(=O)C1CCN(C(=O)c2ccc(CCl)cc2)CC1. The van der Waals surface area contributed by atoms with E-state index < -0.39 is 0 Å². The number of benzene rings is 1. The number of carbonyl (C=O) groups is 2. The molecule has 1 aliphatic heterocycles. The van der Waals surface area contributed by atoms with Gasteiger partial charge in [-0.05, 0) is 37.5 Å². The Kier molecular flexibility index (Phi) is 5.62. The summed E-state index contributed by atoms with van der Waals surface area (Å²) in [6, 6.07) is 7.34. The Labute approximate surface area is 130 Å². The number of halogens is 1. The van der Waals surface area contributed by atoms with Gasteiger partial charge in [-0.25, -0.2) is 0 Å². The predicted octanol–water partition coefficient (Wildman–Crippen LogP) is 2.84. The lowest BCUT2D eigenvalue weighted by Crippen LogP contribution is -2.40. The van der Waals surface area contributed by atoms with Gasteiger partial charge >= 0.3 is 5.97 Å². The van der Waals surface area contributed by atoms with E-state index in [2.05, 4.69) is 0 Å². The summed E-state index contributed by atoms with van der Waals surface area (Å²) in [7, 11) is 0. The normalized spacial score (nSPS) is 15.8. The van der Waals surface area contributed by atoms with Crippen molar-refractivity contribution in [3.05, 3.63) is 35.4 Å². The van der Waals surface area contributed by atoms with E-state index >= 15 is 0 Å². The van der Waals surface area contributed by atoms with Crippen molar-refractivity contribution in [3.8, 4) is 0 Å². The molecule has 0 saturated carbocycles. The van der Waals surface area contributed by atoms with E-state index in [1.807, 2.05) is 12.1 Å². The fraction of sp³-hybridized carbons (Fsp3) is 0.500. The van der Waals surface area contributed by atoms with E-state index in [1.165, 1.54) is 0 Å². The molecule has 0 aliphatic carbocycles. The Hall–Kier alpha value is -1.55. The molecule has 0 radical (unpaired) electrons. The first kappa shape index (κ1) is 15.8. The maximum absolute atomic E-state index is 12.4. The molecule has 0 atom stereocenters. The number of likely N-dealkylation sites (tertiary alicyclic amines) is 1. The van der Waals surface area contributed by atoms with Crippen LogP contribution in [0.25, 0.3) is 0 Å². The van der Waals surface area contributed by atoms with E-state index in [1.54, 1.807) is 24.0 Å². The number of carbonyl (C=O) groups excluding carboxylic acids is 2. The van der Waals surface area contributed by atoms with Crippen LogP contribution >= 0.6 is 11.6 Å². The van der Waals surface area contributed by atoms with E-state index in [0.29, 0.717) is 44.0 Å². The van der Waals surface area contributed by atoms with Crippen molar-refractivity contribution in [2.24, 2.45) is 5.92 Å². The number of alkyl halides is 1. The number of nitrogens with zero attached hydrogens (tertiary/aromatic N) is 1. The van der Waals surface area contributed by atoms with Crippen LogP contribution in [0.2, 0.25) is 0 Å². The van der Waals surface area contributed by atoms with Crippen LogP contribution in [0.5, 0.6) is 0 Å². The number of esters is 1. The number of hydrogen-bond donors (Lipinski definition) is 0. The van der Waals surface area contributed by atoms with Gasteiger partial charge in [-0.2, -0.15) is 0 Å². The van der Waals surface area contributed by atoms with Gasteiger partial charge in [0.05, 0.1) is 12.5 Å². The molecule has 0 spiro atoms. The molecule has 5 heteroatoms. The number of ether oxygens (including phenoxy) is 1. The summed E-state index contributed by atoms with van der Waals surface area (Å²) in [5.41, 5.74) is 1.66. The second-order valence-electron chi connectivity index (χ2n) is 5.15. The van der Waals surface area contributed by atoms with Gasteiger partial charge in [0.2, 0.25) is 0 Å². The van der Waals surface area contributed by atoms with Crippen LogP contribution in [0.4, 0.5) is 0 Å². The smallest absolute Gasteiger partial charge is 0.309 e. The van der Waals surface area contributed by atoms with Crippen LogP contribution in [0.3, 0.4) is 0 Å². The quantitative estimate of drug-likeness (QED) is 0.634. The molecule has 4 nitrogen and oxygen atoms in total. The Morgan fingerprint density at radius 2 is 1.86 bits per heavy atom. The monoisotopic (exact) mass is 309 g/mol. The van der Waals surface area contributed by atoms with Gasteiger partial charge in [0.25, 0.3) is 5.91 Å². The van der Waals surface area contributed by atoms with Crippen LogP contribution in [-0.2, 0) is 15.4 Å². The first-order valence-corrected chi connectivity index (χ1v) is 7.80. The average molecular weight is 310 g/mol. The second-order valence-corrected chi connectivity index (χ2v) is 5.42. The molecule has 0 N–H and O–H groups in total. The van der Waals surface area contributed by atoms with E-state index in [0.717, 1.165) is 5.56 Å². The molecule has 21 heavy (non-hydrogen) atoms. The van der Waals surface area contributed by atoms with Gasteiger partial charge in [-0.15, -0.1) is 11.6 Å². The Bertz CT molecular complexity index is 493. The maximum atomic E-state index is 12.4. The third-order valence-electron chi connectivity index (χ3n) is 3.76. The summed E-state index contributed by atoms with van der Waals surface area (Å²) in [6.07, 6.45) is 1.34. The van der Waals surface area contributed by atoms with Gasteiger partial charge in [0, 0.05) is 24.5 Å². The highest BCUT2D eigenvalue weighted by Gasteiger charge is 2.28. The van der Waals surface area contributed by atoms with Crippen LogP contribution in [-0.4, -0.2) is 36.5 Å². The molecule has 1 saturated heterocycles. The number of rotatable bonds is 4. The maximum Gasteiger partial charge on any atom is 0.309 e. The number of hydrogen-bond acceptors (Lipinski definition) is 3. The van der Waals surface area contributed by atoms with Crippen molar-refractivity contribution in [3.63, 3.8) is 0 Å². The Balaban J connectivity index is 1.92. The minimum Gasteiger partial charge on any atom is -0.466 e. The van der Waals surface area contributed by atoms with Crippen LogP contribution in [0, 0.1) is 5.92 Å². The number of piperidine rings is 1. The molecule has 1 aliphatic rings. The second kappa shape index (κ2) is 7.46. The Morgan fingerprint density at radius 1 is 1.24 bits per heavy atom. The lowest BCUT2D eigenvalue weighted by atomic mass is 9.96. The zero-order valence-corrected chi connectivity index (χ0v) is 12.9. The van der Waals surface area contributed by atoms with Crippen LogP contribution < -0.4 is 0 Å². The largest absolute Gasteiger partial charge is 0.466 e. The Morgan fingerprint density at radius 3 is 2.38 bits per heavy atom. The third kappa shape index (κ3) is 3.97. The first-order chi connectivity index (χ1) is 10.2. The van der Waals surface area contributed by atoms with Crippen molar-refractivity contribution < 1.29 is 14.3 Å². The fourth-order valence-electron chi connectivity index (χ4n) is 2.50. The van der Waals surface area contributed by atoms with Crippen molar-refractivity contribution in [1.82, 2.24) is 4.90 Å². The minimum atomic E-state index is -0.143. The van der Waals surface area contributed by atoms with Gasteiger partial charge in [0.1, 0.15) is 0 Å². The molecule has 1 aromatic carbocycles. The zero-order chi connectivity index (χ0) is 15.2. The van der Waals surface area contributed by atoms with E-state index in [4.69, 9.17) is 16.3 Å². The molecule has 2 rings (SSSR count). The molecule has 0 unspecified atom stereocenters. The average Bonchev–Trinajstić information content (AvgIpc) is 2.54. The minimum absolute atomic E-state index is 0.0124. The molecular weight excluding hydrogens is 290 g/mol. The van der Waals surface area contributed by atoms with Crippen molar-refractivity contribution in [2.75, 3.05) is 19.7 Å². The number of amides is 1. The van der Waals surface area contributed by atoms with Crippen molar-refractivity contribution >= 4 is 23.5 Å². The zero-order valence-electron chi connectivity index (χ0n) is 12.2. The van der Waals surface area contributed by atoms with Crippen molar-refractivity contribution in [2.45, 2.75) is 25.6 Å². The summed E-state index contributed by atoms with van der Waals surface area (Å²) >= 11 is 5.74.